The first-order valence-electron chi connectivity index (χ1n) is 21.0. The summed E-state index contributed by atoms with van der Waals surface area (Å²) >= 11 is 15.1. The number of thiophene rings is 1. The number of allylic oxidation sites excluding steroid dienone is 2. The number of methoxy groups -OCH3 is 3. The number of phenolic OH excluding ortho intramolecular Hbond substituents is 1. The van der Waals surface area contributed by atoms with Crippen molar-refractivity contribution in [2.45, 2.75) is 51.7 Å². The minimum absolute atomic E-state index is 0.00374. The number of benzene rings is 3. The number of aromatic nitrogens is 7. The Kier molecular flexibility index (Phi) is 10.8. The third-order valence-electron chi connectivity index (χ3n) is 13.8. The second-order valence-electron chi connectivity index (χ2n) is 17.1. The van der Waals surface area contributed by atoms with Crippen LogP contribution in [0.3, 0.4) is 0 Å². The normalized spacial score (nSPS) is 20.1. The first-order valence-corrected chi connectivity index (χ1v) is 23.8. The lowest BCUT2D eigenvalue weighted by Crippen LogP contribution is -2.49. The van der Waals surface area contributed by atoms with Crippen LogP contribution in [0.25, 0.3) is 31.7 Å². The van der Waals surface area contributed by atoms with E-state index in [0.717, 1.165) is 25.1 Å². The molecule has 21 heteroatoms. The van der Waals surface area contributed by atoms with Crippen molar-refractivity contribution in [2.24, 2.45) is 25.4 Å². The van der Waals surface area contributed by atoms with Gasteiger partial charge in [-0.3, -0.25) is 19.1 Å². The summed E-state index contributed by atoms with van der Waals surface area (Å²) in [6.07, 6.45) is 1.78. The summed E-state index contributed by atoms with van der Waals surface area (Å²) in [4.78, 5) is 79.9. The minimum Gasteiger partial charge on any atom is -0.503 e. The monoisotopic (exact) mass is 1070 g/mol. The van der Waals surface area contributed by atoms with E-state index in [1.807, 2.05) is 31.2 Å². The van der Waals surface area contributed by atoms with E-state index in [-0.39, 0.29) is 53.4 Å². The maximum Gasteiger partial charge on any atom is 0.347 e. The third kappa shape index (κ3) is 6.45. The standard InChI is InChI=1S/C46H41Br2ClN8O9S/c1-20-23-14-21(49)8-9-34(23)67-40(20)28-18-35(53(4)51-28)56-41(59)25-16-29-22(36(46(25,2)43(56)61)24-15-33(66-7)39(58)38(48)37(24)47)10-13-55-44(62)54(45(63)57(29)55)12-11-26-42(60)52(3)30-19-32(65-6)31(64-5)17-27(30)50-26/h8-10,14-15,17-19,25,29,36,58H,11-13,16H2,1-7H3/t25-,29+,36+,46+/m0/s1. The molecule has 0 radical (unpaired) electrons. The second kappa shape index (κ2) is 16.1. The van der Waals surface area contributed by atoms with Gasteiger partial charge in [0, 0.05) is 65.4 Å². The molecule has 1 saturated carbocycles. The second-order valence-corrected chi connectivity index (χ2v) is 20.1. The van der Waals surface area contributed by atoms with Crippen LogP contribution >= 0.6 is 54.8 Å². The maximum absolute atomic E-state index is 15.4. The largest absolute Gasteiger partial charge is 0.503 e. The van der Waals surface area contributed by atoms with Gasteiger partial charge in [0.05, 0.1) is 65.6 Å². The van der Waals surface area contributed by atoms with Crippen molar-refractivity contribution in [1.29, 1.82) is 0 Å². The fourth-order valence-corrected chi connectivity index (χ4v) is 12.6. The van der Waals surface area contributed by atoms with E-state index in [1.54, 1.807) is 45.3 Å². The van der Waals surface area contributed by atoms with Crippen LogP contribution in [0.15, 0.2) is 77.4 Å². The molecule has 346 valence electrons. The van der Waals surface area contributed by atoms with E-state index in [9.17, 15) is 19.5 Å². The summed E-state index contributed by atoms with van der Waals surface area (Å²) in [6, 6.07) is 11.5. The minimum atomic E-state index is -1.46. The van der Waals surface area contributed by atoms with Crippen molar-refractivity contribution in [3.8, 4) is 33.6 Å². The van der Waals surface area contributed by atoms with Gasteiger partial charge in [0.15, 0.2) is 23.0 Å². The van der Waals surface area contributed by atoms with E-state index in [2.05, 4.69) is 36.8 Å². The van der Waals surface area contributed by atoms with Crippen LogP contribution in [0, 0.1) is 18.3 Å². The molecule has 1 N–H and O–H groups in total. The number of ether oxygens (including phenoxy) is 3. The van der Waals surface area contributed by atoms with Gasteiger partial charge >= 0.3 is 11.4 Å². The van der Waals surface area contributed by atoms with Gasteiger partial charge in [0.25, 0.3) is 5.56 Å². The highest BCUT2D eigenvalue weighted by Crippen LogP contribution is 2.63. The number of aryl methyl sites for hydroxylation is 4. The van der Waals surface area contributed by atoms with Gasteiger partial charge in [-0.25, -0.2) is 33.4 Å². The fraction of sp³-hybridized carbons (Fsp3) is 0.326. The number of hydrogen-bond donors (Lipinski definition) is 1. The molecule has 1 aliphatic carbocycles. The third-order valence-corrected chi connectivity index (χ3v) is 17.4. The molecule has 17 nitrogen and oxygen atoms in total. The maximum atomic E-state index is 15.4. The molecule has 0 spiro atoms. The van der Waals surface area contributed by atoms with Crippen molar-refractivity contribution < 1.29 is 28.9 Å². The first kappa shape index (κ1) is 44.9. The summed E-state index contributed by atoms with van der Waals surface area (Å²) in [5.41, 5.74) is 0.631. The summed E-state index contributed by atoms with van der Waals surface area (Å²) < 4.78 is 24.9. The highest BCUT2D eigenvalue weighted by Gasteiger charge is 2.66. The number of hydrogen-bond acceptors (Lipinski definition) is 12. The Morgan fingerprint density at radius 3 is 2.37 bits per heavy atom. The quantitative estimate of drug-likeness (QED) is 0.116. The molecular weight excluding hydrogens is 1040 g/mol. The SMILES string of the molecule is COc1cc2nc(CCn3c(=O)n4n(c3=O)[C@@H]3C[C@H]5C(=O)N(c6cc(-c7sc8ccc(Cl)cc8c7C)nn6C)C(=O)[C@@]5(C)[C@@H](c5cc(OC)c(O)c(Br)c5Br)C3=CC4)c(=O)n(C)c2cc1OC. The topological polar surface area (TPSA) is 187 Å². The summed E-state index contributed by atoms with van der Waals surface area (Å²) in [6.45, 7) is 3.53. The fourth-order valence-electron chi connectivity index (χ4n) is 10.4. The average molecular weight is 1080 g/mol. The Balaban J connectivity index is 1.07. The van der Waals surface area contributed by atoms with Crippen molar-refractivity contribution in [3.05, 3.63) is 116 Å². The molecule has 2 fully saturated rings. The van der Waals surface area contributed by atoms with E-state index in [0.29, 0.717) is 48.9 Å². The lowest BCUT2D eigenvalue weighted by atomic mass is 9.56. The summed E-state index contributed by atoms with van der Waals surface area (Å²) in [5.74, 6) is -1.84. The number of nitrogens with zero attached hydrogens (tertiary/aromatic N) is 8. The van der Waals surface area contributed by atoms with Gasteiger partial charge in [-0.15, -0.1) is 11.3 Å². The van der Waals surface area contributed by atoms with Gasteiger partial charge in [-0.05, 0) is 98.5 Å². The van der Waals surface area contributed by atoms with Crippen LogP contribution in [0.2, 0.25) is 5.02 Å². The number of anilines is 1. The number of halogens is 3. The number of carbonyl (C=O) groups is 2. The number of amides is 2. The molecule has 0 bridgehead atoms. The average Bonchev–Trinajstić information content (AvgIpc) is 3.98. The van der Waals surface area contributed by atoms with Gasteiger partial charge in [-0.1, -0.05) is 17.7 Å². The van der Waals surface area contributed by atoms with E-state index >= 15 is 9.59 Å². The highest BCUT2D eigenvalue weighted by atomic mass is 79.9. The lowest BCUT2D eigenvalue weighted by molar-refractivity contribution is -0.129. The van der Waals surface area contributed by atoms with Crippen LogP contribution in [0.4, 0.5) is 5.82 Å². The number of imide groups is 1. The van der Waals surface area contributed by atoms with Crippen molar-refractivity contribution in [2.75, 3.05) is 26.2 Å². The van der Waals surface area contributed by atoms with Crippen LogP contribution < -0.4 is 36.0 Å². The van der Waals surface area contributed by atoms with Crippen LogP contribution in [-0.4, -0.2) is 71.5 Å². The molecule has 67 heavy (non-hydrogen) atoms. The molecule has 10 rings (SSSR count). The number of carbonyl (C=O) groups excluding carboxylic acids is 2. The molecular formula is C46H41Br2ClN8O9S. The summed E-state index contributed by atoms with van der Waals surface area (Å²) in [5, 5.41) is 17.4. The number of fused-ring (bicyclic) bond motifs is 6. The molecule has 4 aromatic heterocycles. The molecule has 3 aliphatic rings. The molecule has 2 aliphatic heterocycles. The van der Waals surface area contributed by atoms with Crippen LogP contribution in [0.1, 0.15) is 42.1 Å². The molecule has 3 aromatic carbocycles. The smallest absolute Gasteiger partial charge is 0.347 e. The molecule has 6 heterocycles. The lowest BCUT2D eigenvalue weighted by Gasteiger charge is -2.47. The molecule has 7 aromatic rings. The van der Waals surface area contributed by atoms with Gasteiger partial charge in [-0.2, -0.15) is 5.10 Å². The van der Waals surface area contributed by atoms with E-state index in [1.165, 1.54) is 56.2 Å². The van der Waals surface area contributed by atoms with Crippen molar-refractivity contribution in [3.63, 3.8) is 0 Å². The Morgan fingerprint density at radius 2 is 1.66 bits per heavy atom. The van der Waals surface area contributed by atoms with Gasteiger partial charge in [0.2, 0.25) is 11.8 Å². The van der Waals surface area contributed by atoms with Crippen LogP contribution in [-0.2, 0) is 43.2 Å². The number of aromatic hydroxyl groups is 1. The number of rotatable bonds is 9. The molecule has 4 atom stereocenters. The Labute approximate surface area is 406 Å². The zero-order valence-electron chi connectivity index (χ0n) is 37.0. The first-order chi connectivity index (χ1) is 31.9. The molecule has 2 amide bonds. The van der Waals surface area contributed by atoms with E-state index in [4.69, 9.17) is 30.9 Å². The Morgan fingerprint density at radius 1 is 0.940 bits per heavy atom. The molecule has 0 unspecified atom stereocenters. The Hall–Kier alpha value is -5.96. The zero-order chi connectivity index (χ0) is 47.7. The van der Waals surface area contributed by atoms with E-state index < -0.39 is 52.0 Å². The van der Waals surface area contributed by atoms with Crippen molar-refractivity contribution >= 4 is 93.5 Å². The van der Waals surface area contributed by atoms with Gasteiger partial charge in [0.1, 0.15) is 17.2 Å². The Bertz CT molecular complexity index is 3550. The molecule has 1 saturated heterocycles. The number of phenols is 1. The van der Waals surface area contributed by atoms with Crippen molar-refractivity contribution in [1.82, 2.24) is 33.3 Å². The van der Waals surface area contributed by atoms with Crippen LogP contribution in [0.5, 0.6) is 23.0 Å². The predicted molar refractivity (Wildman–Crippen MR) is 259 cm³/mol. The predicted octanol–water partition coefficient (Wildman–Crippen LogP) is 7.00. The zero-order valence-corrected chi connectivity index (χ0v) is 41.8. The summed E-state index contributed by atoms with van der Waals surface area (Å²) in [7, 11) is 7.68. The van der Waals surface area contributed by atoms with Gasteiger partial charge < -0.3 is 23.9 Å². The highest BCUT2D eigenvalue weighted by molar-refractivity contribution is 9.13.